The molecule has 1 amide bonds. The highest BCUT2D eigenvalue weighted by molar-refractivity contribution is 7.84. The third kappa shape index (κ3) is 5.11. The summed E-state index contributed by atoms with van der Waals surface area (Å²) in [7, 11) is 2.82. The molecule has 34 heavy (non-hydrogen) atoms. The molecule has 0 aliphatic heterocycles. The maximum atomic E-state index is 13.5. The average Bonchev–Trinajstić information content (AvgIpc) is 3.19. The zero-order chi connectivity index (χ0) is 25.0. The minimum Gasteiger partial charge on any atom is -0.497 e. The maximum Gasteiger partial charge on any atom is 0.505 e. The van der Waals surface area contributed by atoms with E-state index in [1.807, 2.05) is 13.8 Å². The number of imidazole rings is 1. The van der Waals surface area contributed by atoms with E-state index in [9.17, 15) is 13.8 Å². The number of benzene rings is 1. The lowest BCUT2D eigenvalue weighted by molar-refractivity contribution is 0.0853. The molecule has 0 fully saturated rings. The number of hydrogen-bond acceptors (Lipinski definition) is 8. The van der Waals surface area contributed by atoms with Gasteiger partial charge in [-0.2, -0.15) is 0 Å². The molecule has 1 aromatic carbocycles. The standard InChI is InChI=1S/C22H26N4O7S/c1-13-11-23-17(14(2)19(13)32-5)12-34(30)20-24-16-10-15(31-4)6-7-18(16)26(20)21(27)25(3)8-9-33-22(28)29/h6-7,10-11H,8-9,12H2,1-5H3,(H,28,29)/t34-/m0/s1. The lowest BCUT2D eigenvalue weighted by Crippen LogP contribution is -2.35. The highest BCUT2D eigenvalue weighted by atomic mass is 32.2. The number of rotatable bonds is 8. The lowest BCUT2D eigenvalue weighted by atomic mass is 10.1. The fourth-order valence-corrected chi connectivity index (χ4v) is 4.69. The van der Waals surface area contributed by atoms with Crippen molar-refractivity contribution in [1.29, 1.82) is 0 Å². The van der Waals surface area contributed by atoms with Crippen LogP contribution in [-0.2, 0) is 21.3 Å². The molecule has 0 saturated heterocycles. The quantitative estimate of drug-likeness (QED) is 0.473. The van der Waals surface area contributed by atoms with Crippen LogP contribution in [0.2, 0.25) is 0 Å². The number of carbonyl (C=O) groups excluding carboxylic acids is 1. The van der Waals surface area contributed by atoms with E-state index in [0.717, 1.165) is 11.1 Å². The zero-order valence-corrected chi connectivity index (χ0v) is 20.3. The Morgan fingerprint density at radius 2 is 1.94 bits per heavy atom. The minimum absolute atomic E-state index is 0.00284. The summed E-state index contributed by atoms with van der Waals surface area (Å²) in [6.07, 6.45) is 0.215. The molecule has 0 radical (unpaired) electrons. The second-order valence-electron chi connectivity index (χ2n) is 7.44. The van der Waals surface area contributed by atoms with Gasteiger partial charge in [0, 0.05) is 30.4 Å². The predicted octanol–water partition coefficient (Wildman–Crippen LogP) is 2.97. The number of likely N-dealkylation sites (N-methyl/N-ethyl adjacent to an activating group) is 1. The number of aromatic nitrogens is 3. The van der Waals surface area contributed by atoms with Gasteiger partial charge in [0.2, 0.25) is 5.16 Å². The van der Waals surface area contributed by atoms with Gasteiger partial charge in [0.25, 0.3) is 0 Å². The van der Waals surface area contributed by atoms with Crippen LogP contribution in [0.25, 0.3) is 11.0 Å². The average molecular weight is 491 g/mol. The highest BCUT2D eigenvalue weighted by Crippen LogP contribution is 2.28. The summed E-state index contributed by atoms with van der Waals surface area (Å²) in [4.78, 5) is 34.0. The third-order valence-corrected chi connectivity index (χ3v) is 6.44. The lowest BCUT2D eigenvalue weighted by Gasteiger charge is -2.18. The Balaban J connectivity index is 2.01. The van der Waals surface area contributed by atoms with Crippen molar-refractivity contribution in [3.8, 4) is 11.5 Å². The monoisotopic (exact) mass is 490 g/mol. The van der Waals surface area contributed by atoms with E-state index < -0.39 is 23.0 Å². The summed E-state index contributed by atoms with van der Waals surface area (Å²) in [6.45, 7) is 3.50. The Morgan fingerprint density at radius 1 is 1.21 bits per heavy atom. The SMILES string of the molecule is COc1ccc2c(c1)nc([S@@](=O)Cc1ncc(C)c(OC)c1C)n2C(=O)N(C)CCOC(=O)O. The van der Waals surface area contributed by atoms with Crippen LogP contribution in [0.5, 0.6) is 11.5 Å². The van der Waals surface area contributed by atoms with Gasteiger partial charge in [0.05, 0.1) is 54.0 Å². The van der Waals surface area contributed by atoms with Crippen LogP contribution < -0.4 is 9.47 Å². The fourth-order valence-electron chi connectivity index (χ4n) is 3.44. The molecule has 182 valence electrons. The predicted molar refractivity (Wildman–Crippen MR) is 124 cm³/mol. The van der Waals surface area contributed by atoms with Crippen molar-refractivity contribution in [3.05, 3.63) is 41.2 Å². The number of aryl methyl sites for hydroxylation is 1. The number of fused-ring (bicyclic) bond motifs is 1. The molecule has 3 aromatic rings. The van der Waals surface area contributed by atoms with Crippen LogP contribution in [0.15, 0.2) is 29.6 Å². The van der Waals surface area contributed by atoms with Crippen LogP contribution in [0.1, 0.15) is 16.8 Å². The molecule has 2 aromatic heterocycles. The second kappa shape index (κ2) is 10.5. The molecule has 11 nitrogen and oxygen atoms in total. The molecule has 12 heteroatoms. The van der Waals surface area contributed by atoms with E-state index in [1.165, 1.54) is 23.6 Å². The molecule has 1 atom stereocenters. The first-order valence-electron chi connectivity index (χ1n) is 10.2. The van der Waals surface area contributed by atoms with E-state index in [2.05, 4.69) is 14.7 Å². The number of hydrogen-bond donors (Lipinski definition) is 1. The van der Waals surface area contributed by atoms with Gasteiger partial charge in [-0.05, 0) is 26.0 Å². The van der Waals surface area contributed by atoms with E-state index in [0.29, 0.717) is 28.2 Å². The number of methoxy groups -OCH3 is 2. The van der Waals surface area contributed by atoms with Crippen LogP contribution in [-0.4, -0.2) is 75.4 Å². The van der Waals surface area contributed by atoms with Gasteiger partial charge in [-0.1, -0.05) is 0 Å². The van der Waals surface area contributed by atoms with Crippen molar-refractivity contribution in [3.63, 3.8) is 0 Å². The van der Waals surface area contributed by atoms with Crippen LogP contribution in [0, 0.1) is 13.8 Å². The molecule has 2 heterocycles. The summed E-state index contributed by atoms with van der Waals surface area (Å²) < 4.78 is 29.9. The summed E-state index contributed by atoms with van der Waals surface area (Å²) >= 11 is 0. The van der Waals surface area contributed by atoms with Gasteiger partial charge in [0.1, 0.15) is 18.1 Å². The van der Waals surface area contributed by atoms with Crippen molar-refractivity contribution in [2.75, 3.05) is 34.4 Å². The molecule has 0 spiro atoms. The Labute approximate surface area is 198 Å². The van der Waals surface area contributed by atoms with Gasteiger partial charge >= 0.3 is 12.2 Å². The Kier molecular flexibility index (Phi) is 7.72. The molecule has 0 bridgehead atoms. The smallest absolute Gasteiger partial charge is 0.497 e. The number of ether oxygens (including phenoxy) is 3. The number of amides is 1. The first-order chi connectivity index (χ1) is 16.2. The van der Waals surface area contributed by atoms with Crippen molar-refractivity contribution in [2.24, 2.45) is 0 Å². The molecular formula is C22H26N4O7S. The number of nitrogens with zero attached hydrogens (tertiary/aromatic N) is 4. The van der Waals surface area contributed by atoms with Crippen molar-refractivity contribution >= 4 is 34.0 Å². The van der Waals surface area contributed by atoms with Crippen LogP contribution in [0.3, 0.4) is 0 Å². The second-order valence-corrected chi connectivity index (χ2v) is 8.78. The maximum absolute atomic E-state index is 13.5. The molecule has 1 N–H and O–H groups in total. The summed E-state index contributed by atoms with van der Waals surface area (Å²) in [6, 6.07) is 4.44. The molecule has 0 aliphatic rings. The van der Waals surface area contributed by atoms with Crippen molar-refractivity contribution in [2.45, 2.75) is 24.8 Å². The van der Waals surface area contributed by atoms with Gasteiger partial charge in [-0.3, -0.25) is 9.19 Å². The first-order valence-corrected chi connectivity index (χ1v) is 11.5. The van der Waals surface area contributed by atoms with E-state index in [4.69, 9.17) is 14.6 Å². The summed E-state index contributed by atoms with van der Waals surface area (Å²) in [5, 5.41) is 8.71. The fraction of sp³-hybridized carbons (Fsp3) is 0.364. The van der Waals surface area contributed by atoms with Gasteiger partial charge in [-0.25, -0.2) is 19.1 Å². The Hall–Kier alpha value is -3.67. The van der Waals surface area contributed by atoms with Crippen LogP contribution in [0.4, 0.5) is 9.59 Å². The first kappa shape index (κ1) is 25.0. The van der Waals surface area contributed by atoms with E-state index in [1.54, 1.807) is 31.5 Å². The van der Waals surface area contributed by atoms with E-state index in [-0.39, 0.29) is 24.1 Å². The van der Waals surface area contributed by atoms with Crippen molar-refractivity contribution < 1.29 is 33.1 Å². The molecule has 3 rings (SSSR count). The summed E-state index contributed by atoms with van der Waals surface area (Å²) in [5.41, 5.74) is 3.04. The molecule has 0 aliphatic carbocycles. The number of carbonyl (C=O) groups is 2. The van der Waals surface area contributed by atoms with Gasteiger partial charge < -0.3 is 24.2 Å². The Bertz CT molecular complexity index is 1260. The normalized spacial score (nSPS) is 11.8. The van der Waals surface area contributed by atoms with E-state index >= 15 is 0 Å². The number of pyridine rings is 1. The molecule has 0 unspecified atom stereocenters. The van der Waals surface area contributed by atoms with Crippen LogP contribution >= 0.6 is 0 Å². The largest absolute Gasteiger partial charge is 0.505 e. The van der Waals surface area contributed by atoms with Gasteiger partial charge in [0.15, 0.2) is 0 Å². The Morgan fingerprint density at radius 3 is 2.59 bits per heavy atom. The summed E-state index contributed by atoms with van der Waals surface area (Å²) in [5.74, 6) is 1.21. The molecular weight excluding hydrogens is 464 g/mol. The zero-order valence-electron chi connectivity index (χ0n) is 19.5. The van der Waals surface area contributed by atoms with Gasteiger partial charge in [-0.15, -0.1) is 0 Å². The third-order valence-electron chi connectivity index (χ3n) is 5.22. The number of carboxylic acid groups (broad SMARTS) is 1. The van der Waals surface area contributed by atoms with Crippen molar-refractivity contribution in [1.82, 2.24) is 19.4 Å². The highest BCUT2D eigenvalue weighted by Gasteiger charge is 2.25. The topological polar surface area (TPSA) is 133 Å². The minimum atomic E-state index is -1.74. The molecule has 0 saturated carbocycles.